The number of carbonyl (C=O) groups excluding carboxylic acids is 1. The lowest BCUT2D eigenvalue weighted by Gasteiger charge is -2.33. The maximum atomic E-state index is 14.3. The first-order valence-corrected chi connectivity index (χ1v) is 14.7. The molecule has 2 heterocycles. The monoisotopic (exact) mass is 680 g/mol. The standard InChI is InChI=1S/C30H33F9N6O2/c1-6-19-12-22-24(8-7-9-44(27(46)47-17(4)16(2)3)25(22)14-23(19)30(37,38)39)45(26-40-42-43(5)41-26)15-18-10-20(28(31,32)33)13-21(11-18)29(34,35)36/h10-14,16-17,24H,6-9,15H2,1-5H3/t17?,24-/m0/s1. The average Bonchev–Trinajstić information content (AvgIpc) is 3.30. The van der Waals surface area contributed by atoms with Crippen LogP contribution in [-0.2, 0) is 43.3 Å². The highest BCUT2D eigenvalue weighted by molar-refractivity contribution is 5.89. The van der Waals surface area contributed by atoms with Gasteiger partial charge in [0.15, 0.2) is 0 Å². The molecule has 1 aromatic heterocycles. The number of hydrogen-bond donors (Lipinski definition) is 0. The fourth-order valence-corrected chi connectivity index (χ4v) is 5.32. The highest BCUT2D eigenvalue weighted by Crippen LogP contribution is 2.45. The molecule has 258 valence electrons. The number of nitrogens with zero attached hydrogens (tertiary/aromatic N) is 6. The number of aryl methyl sites for hydroxylation is 2. The smallest absolute Gasteiger partial charge is 0.416 e. The Balaban J connectivity index is 1.94. The number of tetrazole rings is 1. The lowest BCUT2D eigenvalue weighted by atomic mass is 9.93. The summed E-state index contributed by atoms with van der Waals surface area (Å²) in [6, 6.07) is 2.22. The molecule has 0 spiro atoms. The van der Waals surface area contributed by atoms with Gasteiger partial charge in [0.1, 0.15) is 6.10 Å². The van der Waals surface area contributed by atoms with Crippen LogP contribution in [0.15, 0.2) is 30.3 Å². The number of anilines is 2. The van der Waals surface area contributed by atoms with Crippen LogP contribution in [-0.4, -0.2) is 38.9 Å². The summed E-state index contributed by atoms with van der Waals surface area (Å²) in [6.45, 7) is 6.03. The van der Waals surface area contributed by atoms with Gasteiger partial charge in [0.2, 0.25) is 0 Å². The number of fused-ring (bicyclic) bond motifs is 1. The molecule has 1 aliphatic heterocycles. The number of carbonyl (C=O) groups is 1. The molecule has 1 amide bonds. The van der Waals surface area contributed by atoms with Crippen LogP contribution in [0.1, 0.15) is 80.0 Å². The molecule has 8 nitrogen and oxygen atoms in total. The summed E-state index contributed by atoms with van der Waals surface area (Å²) in [7, 11) is 1.39. The van der Waals surface area contributed by atoms with Gasteiger partial charge in [-0.2, -0.15) is 44.3 Å². The van der Waals surface area contributed by atoms with Gasteiger partial charge in [-0.25, -0.2) is 4.79 Å². The van der Waals surface area contributed by atoms with Crippen molar-refractivity contribution >= 4 is 17.7 Å². The second-order valence-electron chi connectivity index (χ2n) is 11.7. The summed E-state index contributed by atoms with van der Waals surface area (Å²) in [5.41, 5.74) is -4.60. The van der Waals surface area contributed by atoms with E-state index in [4.69, 9.17) is 4.74 Å². The fraction of sp³-hybridized carbons (Fsp3) is 0.533. The molecule has 4 rings (SSSR count). The molecule has 1 aliphatic rings. The molecular formula is C30H33F9N6O2. The van der Waals surface area contributed by atoms with Gasteiger partial charge in [-0.15, -0.1) is 5.10 Å². The summed E-state index contributed by atoms with van der Waals surface area (Å²) in [5, 5.41) is 11.8. The summed E-state index contributed by atoms with van der Waals surface area (Å²) in [5.74, 6) is -0.310. The van der Waals surface area contributed by atoms with Crippen molar-refractivity contribution in [2.24, 2.45) is 13.0 Å². The van der Waals surface area contributed by atoms with Crippen LogP contribution in [0, 0.1) is 5.92 Å². The summed E-state index contributed by atoms with van der Waals surface area (Å²) < 4.78 is 131. The average molecular weight is 681 g/mol. The van der Waals surface area contributed by atoms with E-state index in [2.05, 4.69) is 15.4 Å². The molecular weight excluding hydrogens is 647 g/mol. The Labute approximate surface area is 264 Å². The lowest BCUT2D eigenvalue weighted by molar-refractivity contribution is -0.143. The molecule has 2 aromatic carbocycles. The number of alkyl halides is 9. The number of benzene rings is 2. The molecule has 0 radical (unpaired) electrons. The number of aromatic nitrogens is 4. The Hall–Kier alpha value is -4.05. The zero-order valence-electron chi connectivity index (χ0n) is 26.1. The van der Waals surface area contributed by atoms with Crippen LogP contribution in [0.5, 0.6) is 0 Å². The van der Waals surface area contributed by atoms with E-state index in [1.807, 2.05) is 0 Å². The second-order valence-corrected chi connectivity index (χ2v) is 11.7. The summed E-state index contributed by atoms with van der Waals surface area (Å²) in [4.78, 5) is 16.8. The maximum Gasteiger partial charge on any atom is 0.416 e. The van der Waals surface area contributed by atoms with E-state index >= 15 is 0 Å². The van der Waals surface area contributed by atoms with Crippen LogP contribution < -0.4 is 9.80 Å². The fourth-order valence-electron chi connectivity index (χ4n) is 5.32. The Morgan fingerprint density at radius 2 is 1.57 bits per heavy atom. The normalized spacial score (nSPS) is 16.6. The molecule has 0 saturated carbocycles. The first kappa shape index (κ1) is 35.8. The van der Waals surface area contributed by atoms with Gasteiger partial charge in [-0.05, 0) is 78.3 Å². The first-order chi connectivity index (χ1) is 21.7. The van der Waals surface area contributed by atoms with Crippen LogP contribution >= 0.6 is 0 Å². The summed E-state index contributed by atoms with van der Waals surface area (Å²) in [6.07, 6.45) is -16.3. The molecule has 17 heteroatoms. The van der Waals surface area contributed by atoms with E-state index in [-0.39, 0.29) is 60.6 Å². The zero-order chi connectivity index (χ0) is 35.1. The molecule has 0 fully saturated rings. The van der Waals surface area contributed by atoms with Gasteiger partial charge in [0.25, 0.3) is 5.95 Å². The van der Waals surface area contributed by atoms with E-state index in [0.717, 1.165) is 15.8 Å². The predicted molar refractivity (Wildman–Crippen MR) is 152 cm³/mol. The van der Waals surface area contributed by atoms with Gasteiger partial charge in [-0.1, -0.05) is 31.9 Å². The van der Waals surface area contributed by atoms with Crippen molar-refractivity contribution in [2.75, 3.05) is 16.3 Å². The Morgan fingerprint density at radius 1 is 0.957 bits per heavy atom. The molecule has 47 heavy (non-hydrogen) atoms. The Bertz CT molecular complexity index is 1550. The van der Waals surface area contributed by atoms with Crippen molar-refractivity contribution in [3.8, 4) is 0 Å². The number of halogens is 9. The van der Waals surface area contributed by atoms with Crippen LogP contribution in [0.4, 0.5) is 55.9 Å². The molecule has 2 atom stereocenters. The number of hydrogen-bond acceptors (Lipinski definition) is 6. The third-order valence-corrected chi connectivity index (χ3v) is 8.03. The van der Waals surface area contributed by atoms with Gasteiger partial charge < -0.3 is 9.64 Å². The highest BCUT2D eigenvalue weighted by Gasteiger charge is 2.40. The quantitative estimate of drug-likeness (QED) is 0.234. The third kappa shape index (κ3) is 8.09. The van der Waals surface area contributed by atoms with Gasteiger partial charge >= 0.3 is 24.6 Å². The van der Waals surface area contributed by atoms with Gasteiger partial charge in [-0.3, -0.25) is 4.90 Å². The molecule has 0 N–H and O–H groups in total. The minimum Gasteiger partial charge on any atom is -0.446 e. The van der Waals surface area contributed by atoms with Crippen LogP contribution in [0.2, 0.25) is 0 Å². The maximum absolute atomic E-state index is 14.3. The van der Waals surface area contributed by atoms with Crippen LogP contribution in [0.25, 0.3) is 0 Å². The van der Waals surface area contributed by atoms with Crippen molar-refractivity contribution in [3.63, 3.8) is 0 Å². The van der Waals surface area contributed by atoms with Gasteiger partial charge in [0, 0.05) is 13.1 Å². The number of rotatable bonds is 7. The number of amides is 1. The lowest BCUT2D eigenvalue weighted by Crippen LogP contribution is -2.36. The van der Waals surface area contributed by atoms with E-state index in [1.165, 1.54) is 24.9 Å². The minimum absolute atomic E-state index is 0.00317. The van der Waals surface area contributed by atoms with E-state index in [0.29, 0.717) is 12.1 Å². The van der Waals surface area contributed by atoms with Gasteiger partial charge in [0.05, 0.1) is 35.5 Å². The van der Waals surface area contributed by atoms with E-state index in [1.54, 1.807) is 20.8 Å². The molecule has 0 aliphatic carbocycles. The largest absolute Gasteiger partial charge is 0.446 e. The summed E-state index contributed by atoms with van der Waals surface area (Å²) >= 11 is 0. The first-order valence-electron chi connectivity index (χ1n) is 14.7. The third-order valence-electron chi connectivity index (χ3n) is 8.03. The predicted octanol–water partition coefficient (Wildman–Crippen LogP) is 8.36. The van der Waals surface area contributed by atoms with Crippen molar-refractivity contribution < 1.29 is 49.0 Å². The molecule has 3 aromatic rings. The van der Waals surface area contributed by atoms with Crippen molar-refractivity contribution in [1.82, 2.24) is 20.2 Å². The molecule has 0 saturated heterocycles. The van der Waals surface area contributed by atoms with Crippen LogP contribution in [0.3, 0.4) is 0 Å². The highest BCUT2D eigenvalue weighted by atomic mass is 19.4. The number of ether oxygens (including phenoxy) is 1. The zero-order valence-corrected chi connectivity index (χ0v) is 26.1. The van der Waals surface area contributed by atoms with E-state index in [9.17, 15) is 44.3 Å². The molecule has 1 unspecified atom stereocenters. The Kier molecular flexibility index (Phi) is 10.1. The van der Waals surface area contributed by atoms with Crippen molar-refractivity contribution in [3.05, 3.63) is 63.7 Å². The topological polar surface area (TPSA) is 76.4 Å². The van der Waals surface area contributed by atoms with Crippen molar-refractivity contribution in [2.45, 2.75) is 84.2 Å². The molecule has 0 bridgehead atoms. The van der Waals surface area contributed by atoms with E-state index < -0.39 is 65.6 Å². The second kappa shape index (κ2) is 13.2. The SMILES string of the molecule is CCc1cc2c(cc1C(F)(F)F)N(C(=O)OC(C)C(C)C)CCC[C@@H]2N(Cc1cc(C(F)(F)F)cc(C(F)(F)F)c1)c1nnn(C)n1. The Morgan fingerprint density at radius 3 is 2.06 bits per heavy atom. The van der Waals surface area contributed by atoms with Crippen molar-refractivity contribution in [1.29, 1.82) is 0 Å². The minimum atomic E-state index is -5.11.